The van der Waals surface area contributed by atoms with Crippen molar-refractivity contribution in [1.29, 1.82) is 0 Å². The summed E-state index contributed by atoms with van der Waals surface area (Å²) in [5.74, 6) is -3.77. The SMILES string of the molecule is O=C(OC(=O)C(O)(CO)c1ccc(NCCO)c([N+](=O)[O-])c1)C(O)(CO)c1ccc(NCCO)c([N+](=O)[O-])c1. The lowest BCUT2D eigenvalue weighted by molar-refractivity contribution is -0.384. The zero-order chi connectivity index (χ0) is 29.4. The first kappa shape index (κ1) is 31.0. The van der Waals surface area contributed by atoms with Crippen LogP contribution in [0.1, 0.15) is 11.1 Å². The molecule has 0 radical (unpaired) electrons. The Balaban J connectivity index is 2.43. The van der Waals surface area contributed by atoms with Crippen molar-refractivity contribution in [2.24, 2.45) is 0 Å². The minimum atomic E-state index is -3.06. The van der Waals surface area contributed by atoms with Crippen LogP contribution in [0.15, 0.2) is 36.4 Å². The fourth-order valence-corrected chi connectivity index (χ4v) is 3.36. The number of anilines is 2. The standard InChI is InChI=1S/C22H26N4O13/c27-7-5-23-15-3-1-13(9-17(15)25(35)36)21(33,11-29)19(31)39-20(32)22(34,12-30)14-2-4-16(24-6-8-28)18(10-14)26(37)38/h1-4,9-10,23-24,27-30,33-34H,5-8,11-12H2. The van der Waals surface area contributed by atoms with Crippen LogP contribution in [0.2, 0.25) is 0 Å². The van der Waals surface area contributed by atoms with Gasteiger partial charge in [-0.2, -0.15) is 0 Å². The number of nitro benzene ring substituents is 2. The van der Waals surface area contributed by atoms with Crippen LogP contribution in [0.4, 0.5) is 22.7 Å². The fourth-order valence-electron chi connectivity index (χ4n) is 3.36. The van der Waals surface area contributed by atoms with E-state index in [-0.39, 0.29) is 37.7 Å². The zero-order valence-electron chi connectivity index (χ0n) is 20.1. The number of aliphatic hydroxyl groups is 6. The third-order valence-electron chi connectivity index (χ3n) is 5.52. The van der Waals surface area contributed by atoms with Gasteiger partial charge in [0.2, 0.25) is 11.2 Å². The number of carbonyl (C=O) groups is 2. The maximum Gasteiger partial charge on any atom is 0.353 e. The Morgan fingerprint density at radius 1 is 0.744 bits per heavy atom. The summed E-state index contributed by atoms with van der Waals surface area (Å²) in [5, 5.41) is 86.9. The number of nitro groups is 2. The lowest BCUT2D eigenvalue weighted by Crippen LogP contribution is -2.47. The molecular formula is C22H26N4O13. The number of hydrogen-bond acceptors (Lipinski definition) is 15. The third-order valence-corrected chi connectivity index (χ3v) is 5.52. The first-order valence-electron chi connectivity index (χ1n) is 11.1. The van der Waals surface area contributed by atoms with E-state index in [0.29, 0.717) is 12.1 Å². The van der Waals surface area contributed by atoms with Crippen LogP contribution in [-0.4, -0.2) is 91.9 Å². The molecule has 212 valence electrons. The highest BCUT2D eigenvalue weighted by molar-refractivity contribution is 5.95. The summed E-state index contributed by atoms with van der Waals surface area (Å²) in [6, 6.07) is 5.54. The van der Waals surface area contributed by atoms with Crippen LogP contribution >= 0.6 is 0 Å². The Bertz CT molecular complexity index is 1150. The van der Waals surface area contributed by atoms with Gasteiger partial charge in [-0.1, -0.05) is 12.1 Å². The number of hydrogen-bond donors (Lipinski definition) is 8. The van der Waals surface area contributed by atoms with Crippen molar-refractivity contribution in [2.45, 2.75) is 11.2 Å². The Morgan fingerprint density at radius 2 is 1.10 bits per heavy atom. The van der Waals surface area contributed by atoms with E-state index in [1.54, 1.807) is 0 Å². The second kappa shape index (κ2) is 13.0. The van der Waals surface area contributed by atoms with Crippen LogP contribution < -0.4 is 10.6 Å². The number of rotatable bonds is 14. The molecule has 2 atom stereocenters. The van der Waals surface area contributed by atoms with Gasteiger partial charge >= 0.3 is 11.9 Å². The smallest absolute Gasteiger partial charge is 0.353 e. The molecule has 0 aromatic heterocycles. The van der Waals surface area contributed by atoms with Crippen molar-refractivity contribution in [3.8, 4) is 0 Å². The largest absolute Gasteiger partial charge is 0.395 e. The molecule has 17 nitrogen and oxygen atoms in total. The van der Waals surface area contributed by atoms with Gasteiger partial charge in [-0.25, -0.2) is 9.59 Å². The molecule has 0 bridgehead atoms. The number of nitrogens with zero attached hydrogens (tertiary/aromatic N) is 2. The van der Waals surface area contributed by atoms with Gasteiger partial charge in [-0.05, 0) is 12.1 Å². The molecule has 2 rings (SSSR count). The molecule has 0 heterocycles. The normalized spacial score (nSPS) is 14.0. The third kappa shape index (κ3) is 6.60. The van der Waals surface area contributed by atoms with E-state index >= 15 is 0 Å². The van der Waals surface area contributed by atoms with Crippen LogP contribution in [0.3, 0.4) is 0 Å². The van der Waals surface area contributed by atoms with Crippen LogP contribution in [0.5, 0.6) is 0 Å². The molecule has 0 spiro atoms. The van der Waals surface area contributed by atoms with Gasteiger partial charge in [0.05, 0.1) is 36.3 Å². The zero-order valence-corrected chi connectivity index (χ0v) is 20.1. The van der Waals surface area contributed by atoms with E-state index in [9.17, 15) is 50.2 Å². The molecule has 17 heteroatoms. The molecule has 0 saturated carbocycles. The molecule has 0 saturated heterocycles. The first-order valence-corrected chi connectivity index (χ1v) is 11.1. The second-order valence-electron chi connectivity index (χ2n) is 7.99. The van der Waals surface area contributed by atoms with E-state index < -0.39 is 68.7 Å². The minimum Gasteiger partial charge on any atom is -0.395 e. The Hall–Kier alpha value is -4.26. The molecule has 8 N–H and O–H groups in total. The summed E-state index contributed by atoms with van der Waals surface area (Å²) in [5.41, 5.74) is -8.81. The van der Waals surface area contributed by atoms with Crippen molar-refractivity contribution in [3.05, 3.63) is 67.8 Å². The van der Waals surface area contributed by atoms with E-state index in [2.05, 4.69) is 15.4 Å². The maximum atomic E-state index is 12.8. The molecule has 2 aromatic carbocycles. The van der Waals surface area contributed by atoms with E-state index in [0.717, 1.165) is 24.3 Å². The topological polar surface area (TPSA) is 275 Å². The summed E-state index contributed by atoms with van der Waals surface area (Å²) in [4.78, 5) is 46.7. The average molecular weight is 554 g/mol. The highest BCUT2D eigenvalue weighted by Gasteiger charge is 2.47. The first-order chi connectivity index (χ1) is 18.4. The Labute approximate surface area is 219 Å². The van der Waals surface area contributed by atoms with Crippen molar-refractivity contribution >= 4 is 34.7 Å². The summed E-state index contributed by atoms with van der Waals surface area (Å²) in [7, 11) is 0. The molecule has 0 aliphatic carbocycles. The Kier molecular flexibility index (Phi) is 10.3. The van der Waals surface area contributed by atoms with Crippen LogP contribution in [0.25, 0.3) is 0 Å². The summed E-state index contributed by atoms with van der Waals surface area (Å²) in [6.07, 6.45) is 0. The molecule has 39 heavy (non-hydrogen) atoms. The minimum absolute atomic E-state index is 0.0720. The predicted molar refractivity (Wildman–Crippen MR) is 130 cm³/mol. The molecule has 0 fully saturated rings. The lowest BCUT2D eigenvalue weighted by Gasteiger charge is -2.27. The van der Waals surface area contributed by atoms with Crippen LogP contribution in [0, 0.1) is 20.2 Å². The van der Waals surface area contributed by atoms with Gasteiger partial charge in [0.15, 0.2) is 0 Å². The number of carbonyl (C=O) groups excluding carboxylic acids is 2. The molecule has 0 amide bonds. The van der Waals surface area contributed by atoms with Crippen molar-refractivity contribution < 1.29 is 54.8 Å². The van der Waals surface area contributed by atoms with E-state index in [1.807, 2.05) is 0 Å². The highest BCUT2D eigenvalue weighted by Crippen LogP contribution is 2.34. The van der Waals surface area contributed by atoms with E-state index in [1.165, 1.54) is 0 Å². The van der Waals surface area contributed by atoms with Crippen molar-refractivity contribution in [2.75, 3.05) is 50.2 Å². The van der Waals surface area contributed by atoms with Crippen LogP contribution in [-0.2, 0) is 25.5 Å². The van der Waals surface area contributed by atoms with Gasteiger partial charge in [-0.15, -0.1) is 0 Å². The highest BCUT2D eigenvalue weighted by atomic mass is 16.6. The summed E-state index contributed by atoms with van der Waals surface area (Å²) in [6.45, 7) is -3.75. The predicted octanol–water partition coefficient (Wildman–Crippen LogP) is -1.56. The monoisotopic (exact) mass is 554 g/mol. The molecular weight excluding hydrogens is 528 g/mol. The van der Waals surface area contributed by atoms with Gasteiger partial charge in [0.25, 0.3) is 11.4 Å². The molecule has 2 unspecified atom stereocenters. The number of nitrogens with one attached hydrogen (secondary N) is 2. The molecule has 0 aliphatic heterocycles. The number of aliphatic hydroxyl groups excluding tert-OH is 4. The van der Waals surface area contributed by atoms with Crippen molar-refractivity contribution in [1.82, 2.24) is 0 Å². The summed E-state index contributed by atoms with van der Waals surface area (Å²) < 4.78 is 4.53. The van der Waals surface area contributed by atoms with Gasteiger partial charge in [0.1, 0.15) is 11.4 Å². The quantitative estimate of drug-likeness (QED) is 0.0567. The summed E-state index contributed by atoms with van der Waals surface area (Å²) >= 11 is 0. The number of esters is 2. The Morgan fingerprint density at radius 3 is 1.38 bits per heavy atom. The van der Waals surface area contributed by atoms with Crippen molar-refractivity contribution in [3.63, 3.8) is 0 Å². The lowest BCUT2D eigenvalue weighted by atomic mass is 9.92. The van der Waals surface area contributed by atoms with Gasteiger partial charge in [0, 0.05) is 36.3 Å². The fraction of sp³-hybridized carbons (Fsp3) is 0.364. The van der Waals surface area contributed by atoms with Gasteiger partial charge < -0.3 is 46.0 Å². The second-order valence-corrected chi connectivity index (χ2v) is 7.99. The van der Waals surface area contributed by atoms with E-state index in [4.69, 9.17) is 10.2 Å². The number of benzene rings is 2. The molecule has 2 aromatic rings. The average Bonchev–Trinajstić information content (AvgIpc) is 2.93. The maximum absolute atomic E-state index is 12.8. The molecule has 0 aliphatic rings. The number of ether oxygens (including phenoxy) is 1. The van der Waals surface area contributed by atoms with Gasteiger partial charge in [-0.3, -0.25) is 20.2 Å².